The molecule has 21 heavy (non-hydrogen) atoms. The van der Waals surface area contributed by atoms with Crippen molar-refractivity contribution in [1.82, 2.24) is 0 Å². The first kappa shape index (κ1) is 16.0. The second kappa shape index (κ2) is 6.15. The van der Waals surface area contributed by atoms with Crippen molar-refractivity contribution in [3.8, 4) is 0 Å². The van der Waals surface area contributed by atoms with Crippen LogP contribution in [-0.4, -0.2) is 0 Å². The Balaban J connectivity index is 2.31. The van der Waals surface area contributed by atoms with Gasteiger partial charge < -0.3 is 5.73 Å². The summed E-state index contributed by atoms with van der Waals surface area (Å²) < 4.78 is 52.7. The summed E-state index contributed by atoms with van der Waals surface area (Å²) in [4.78, 5) is 0. The average molecular weight is 362 g/mol. The Kier molecular flexibility index (Phi) is 4.68. The topological polar surface area (TPSA) is 26.0 Å². The zero-order chi connectivity index (χ0) is 15.6. The molecule has 1 unspecified atom stereocenters. The van der Waals surface area contributed by atoms with Crippen molar-refractivity contribution in [3.05, 3.63) is 69.4 Å². The highest BCUT2D eigenvalue weighted by Crippen LogP contribution is 2.34. The molecule has 0 bridgehead atoms. The summed E-state index contributed by atoms with van der Waals surface area (Å²) in [7, 11) is 0. The van der Waals surface area contributed by atoms with Crippen LogP contribution < -0.4 is 5.73 Å². The van der Waals surface area contributed by atoms with Crippen LogP contribution in [0.25, 0.3) is 0 Å². The predicted octanol–water partition coefficient (Wildman–Crippen LogP) is 4.85. The van der Waals surface area contributed by atoms with E-state index in [2.05, 4.69) is 15.9 Å². The van der Waals surface area contributed by atoms with Crippen LogP contribution >= 0.6 is 15.9 Å². The maximum Gasteiger partial charge on any atom is 0.416 e. The van der Waals surface area contributed by atoms with Gasteiger partial charge in [0.25, 0.3) is 0 Å². The van der Waals surface area contributed by atoms with Gasteiger partial charge in [0.1, 0.15) is 5.82 Å². The quantitative estimate of drug-likeness (QED) is 0.777. The SMILES string of the molecule is NC(Cc1cc(F)cc(Br)c1)c1ccccc1C(F)(F)F. The molecule has 0 saturated carbocycles. The number of rotatable bonds is 3. The van der Waals surface area contributed by atoms with Gasteiger partial charge in [0.15, 0.2) is 0 Å². The molecule has 0 aromatic heterocycles. The van der Waals surface area contributed by atoms with Gasteiger partial charge in [0.05, 0.1) is 5.56 Å². The second-order valence-electron chi connectivity index (χ2n) is 4.67. The first-order valence-electron chi connectivity index (χ1n) is 6.14. The maximum atomic E-state index is 13.3. The van der Waals surface area contributed by atoms with Gasteiger partial charge in [0.2, 0.25) is 0 Å². The molecule has 0 aliphatic rings. The van der Waals surface area contributed by atoms with E-state index in [-0.39, 0.29) is 12.0 Å². The molecule has 0 spiro atoms. The molecular weight excluding hydrogens is 350 g/mol. The Labute approximate surface area is 127 Å². The third kappa shape index (κ3) is 4.04. The van der Waals surface area contributed by atoms with Crippen LogP contribution in [0, 0.1) is 5.82 Å². The van der Waals surface area contributed by atoms with Crippen LogP contribution in [-0.2, 0) is 12.6 Å². The van der Waals surface area contributed by atoms with Gasteiger partial charge >= 0.3 is 6.18 Å². The molecule has 0 aliphatic heterocycles. The minimum absolute atomic E-state index is 0.00498. The smallest absolute Gasteiger partial charge is 0.324 e. The number of benzene rings is 2. The summed E-state index contributed by atoms with van der Waals surface area (Å²) in [6.07, 6.45) is -4.35. The van der Waals surface area contributed by atoms with E-state index in [4.69, 9.17) is 5.73 Å². The minimum Gasteiger partial charge on any atom is -0.324 e. The summed E-state index contributed by atoms with van der Waals surface area (Å²) >= 11 is 3.14. The van der Waals surface area contributed by atoms with Crippen molar-refractivity contribution in [2.75, 3.05) is 0 Å². The summed E-state index contributed by atoms with van der Waals surface area (Å²) in [5.74, 6) is -0.462. The Bertz CT molecular complexity index is 620. The van der Waals surface area contributed by atoms with E-state index in [9.17, 15) is 17.6 Å². The van der Waals surface area contributed by atoms with Gasteiger partial charge in [-0.1, -0.05) is 34.1 Å². The molecule has 2 aromatic rings. The molecule has 1 atom stereocenters. The Hall–Kier alpha value is -1.40. The maximum absolute atomic E-state index is 13.3. The van der Waals surface area contributed by atoms with E-state index >= 15 is 0 Å². The number of hydrogen-bond acceptors (Lipinski definition) is 1. The lowest BCUT2D eigenvalue weighted by Crippen LogP contribution is -2.19. The third-order valence-corrected chi connectivity index (χ3v) is 3.50. The molecule has 2 rings (SSSR count). The largest absolute Gasteiger partial charge is 0.416 e. The molecule has 1 nitrogen and oxygen atoms in total. The monoisotopic (exact) mass is 361 g/mol. The summed E-state index contributed by atoms with van der Waals surface area (Å²) in [5, 5.41) is 0. The second-order valence-corrected chi connectivity index (χ2v) is 5.59. The van der Waals surface area contributed by atoms with Crippen molar-refractivity contribution in [2.24, 2.45) is 5.73 Å². The van der Waals surface area contributed by atoms with E-state index in [1.54, 1.807) is 6.07 Å². The first-order valence-corrected chi connectivity index (χ1v) is 6.93. The third-order valence-electron chi connectivity index (χ3n) is 3.04. The highest BCUT2D eigenvalue weighted by Gasteiger charge is 2.34. The van der Waals surface area contributed by atoms with Gasteiger partial charge in [-0.05, 0) is 41.8 Å². The van der Waals surface area contributed by atoms with E-state index < -0.39 is 23.6 Å². The van der Waals surface area contributed by atoms with E-state index in [0.29, 0.717) is 10.0 Å². The fraction of sp³-hybridized carbons (Fsp3) is 0.200. The molecule has 112 valence electrons. The van der Waals surface area contributed by atoms with Crippen molar-refractivity contribution in [2.45, 2.75) is 18.6 Å². The molecule has 0 amide bonds. The van der Waals surface area contributed by atoms with Gasteiger partial charge in [-0.2, -0.15) is 13.2 Å². The molecule has 0 fully saturated rings. The van der Waals surface area contributed by atoms with E-state index in [1.165, 1.54) is 30.3 Å². The standard InChI is InChI=1S/C15H12BrF4N/c16-10-5-9(6-11(17)8-10)7-14(21)12-3-1-2-4-13(12)15(18,19)20/h1-6,8,14H,7,21H2. The minimum atomic E-state index is -4.46. The van der Waals surface area contributed by atoms with Crippen LogP contribution in [0.1, 0.15) is 22.7 Å². The van der Waals surface area contributed by atoms with Gasteiger partial charge in [-0.3, -0.25) is 0 Å². The van der Waals surface area contributed by atoms with Crippen LogP contribution in [0.4, 0.5) is 17.6 Å². The lowest BCUT2D eigenvalue weighted by Gasteiger charge is -2.18. The fourth-order valence-corrected chi connectivity index (χ4v) is 2.68. The van der Waals surface area contributed by atoms with Gasteiger partial charge in [0, 0.05) is 10.5 Å². The molecule has 0 aliphatic carbocycles. The van der Waals surface area contributed by atoms with Gasteiger partial charge in [-0.15, -0.1) is 0 Å². The average Bonchev–Trinajstić information content (AvgIpc) is 2.36. The number of halogens is 5. The summed E-state index contributed by atoms with van der Waals surface area (Å²) in [6.45, 7) is 0. The van der Waals surface area contributed by atoms with Gasteiger partial charge in [-0.25, -0.2) is 4.39 Å². The molecular formula is C15H12BrF4N. The number of alkyl halides is 3. The van der Waals surface area contributed by atoms with E-state index in [1.807, 2.05) is 0 Å². The highest BCUT2D eigenvalue weighted by molar-refractivity contribution is 9.10. The Morgan fingerprint density at radius 1 is 1.10 bits per heavy atom. The zero-order valence-electron chi connectivity index (χ0n) is 10.8. The molecule has 2 N–H and O–H groups in total. The fourth-order valence-electron chi connectivity index (χ4n) is 2.17. The number of hydrogen-bond donors (Lipinski definition) is 1. The molecule has 0 heterocycles. The summed E-state index contributed by atoms with van der Waals surface area (Å²) in [5.41, 5.74) is 5.67. The molecule has 6 heteroatoms. The van der Waals surface area contributed by atoms with Crippen LogP contribution in [0.15, 0.2) is 46.9 Å². The summed E-state index contributed by atoms with van der Waals surface area (Å²) in [6, 6.07) is 8.48. The molecule has 0 radical (unpaired) electrons. The van der Waals surface area contributed by atoms with Crippen LogP contribution in [0.5, 0.6) is 0 Å². The first-order chi connectivity index (χ1) is 9.77. The zero-order valence-corrected chi connectivity index (χ0v) is 12.4. The molecule has 2 aromatic carbocycles. The molecule has 0 saturated heterocycles. The van der Waals surface area contributed by atoms with Crippen molar-refractivity contribution >= 4 is 15.9 Å². The normalized spacial score (nSPS) is 13.2. The Morgan fingerprint density at radius 2 is 1.76 bits per heavy atom. The number of nitrogens with two attached hydrogens (primary N) is 1. The lowest BCUT2D eigenvalue weighted by atomic mass is 9.95. The van der Waals surface area contributed by atoms with E-state index in [0.717, 1.165) is 6.07 Å². The lowest BCUT2D eigenvalue weighted by molar-refractivity contribution is -0.138. The predicted molar refractivity (Wildman–Crippen MR) is 76.2 cm³/mol. The van der Waals surface area contributed by atoms with Crippen LogP contribution in [0.2, 0.25) is 0 Å². The highest BCUT2D eigenvalue weighted by atomic mass is 79.9. The van der Waals surface area contributed by atoms with Crippen molar-refractivity contribution < 1.29 is 17.6 Å². The Morgan fingerprint density at radius 3 is 2.38 bits per heavy atom. The van der Waals surface area contributed by atoms with Crippen molar-refractivity contribution in [1.29, 1.82) is 0 Å². The van der Waals surface area contributed by atoms with Crippen molar-refractivity contribution in [3.63, 3.8) is 0 Å². The van der Waals surface area contributed by atoms with Crippen LogP contribution in [0.3, 0.4) is 0 Å².